The Hall–Kier alpha value is -2.45. The number of ether oxygens (including phenoxy) is 2. The van der Waals surface area contributed by atoms with Crippen LogP contribution in [0.1, 0.15) is 46.7 Å². The molecule has 0 aliphatic carbocycles. The van der Waals surface area contributed by atoms with Crippen LogP contribution in [0.5, 0.6) is 11.5 Å². The lowest BCUT2D eigenvalue weighted by atomic mass is 9.98. The molecule has 7 nitrogen and oxygen atoms in total. The lowest BCUT2D eigenvalue weighted by Crippen LogP contribution is -2.49. The Balaban J connectivity index is 1.98. The highest BCUT2D eigenvalue weighted by molar-refractivity contribution is 7.14. The second-order valence-corrected chi connectivity index (χ2v) is 8.73. The number of carbonyl (C=O) groups excluding carboxylic acids is 1. The van der Waals surface area contributed by atoms with E-state index in [0.29, 0.717) is 28.6 Å². The smallest absolute Gasteiger partial charge is 0.329 e. The van der Waals surface area contributed by atoms with Crippen molar-refractivity contribution in [3.63, 3.8) is 0 Å². The van der Waals surface area contributed by atoms with Crippen molar-refractivity contribution in [1.29, 1.82) is 0 Å². The summed E-state index contributed by atoms with van der Waals surface area (Å²) in [4.78, 5) is 31.6. The normalized spacial score (nSPS) is 17.3. The Morgan fingerprint density at radius 1 is 1.32 bits per heavy atom. The van der Waals surface area contributed by atoms with Crippen molar-refractivity contribution in [2.75, 3.05) is 14.2 Å². The molecular weight excluding hydrogens is 380 g/mol. The molecule has 3 rings (SSSR count). The van der Waals surface area contributed by atoms with Gasteiger partial charge < -0.3 is 14.6 Å². The average Bonchev–Trinajstić information content (AvgIpc) is 3.06. The number of hydrogen-bond donors (Lipinski definition) is 1. The van der Waals surface area contributed by atoms with Crippen molar-refractivity contribution >= 4 is 23.1 Å². The summed E-state index contributed by atoms with van der Waals surface area (Å²) in [6.45, 7) is 6.61. The second kappa shape index (κ2) is 7.52. The number of fused-ring (bicyclic) bond motifs is 1. The van der Waals surface area contributed by atoms with E-state index in [1.807, 2.05) is 26.8 Å². The quantitative estimate of drug-likeness (QED) is 0.766. The highest BCUT2D eigenvalue weighted by atomic mass is 32.1. The molecule has 1 aromatic heterocycles. The maximum atomic E-state index is 13.0. The van der Waals surface area contributed by atoms with Gasteiger partial charge in [0.2, 0.25) is 5.78 Å². The summed E-state index contributed by atoms with van der Waals surface area (Å²) < 4.78 is 10.6. The van der Waals surface area contributed by atoms with E-state index in [9.17, 15) is 14.7 Å². The fraction of sp³-hybridized carbons (Fsp3) is 0.450. The number of aromatic nitrogens is 1. The van der Waals surface area contributed by atoms with Crippen LogP contribution < -0.4 is 9.47 Å². The van der Waals surface area contributed by atoms with E-state index in [1.165, 1.54) is 11.3 Å². The first-order chi connectivity index (χ1) is 13.2. The number of thiazole rings is 1. The van der Waals surface area contributed by atoms with E-state index >= 15 is 0 Å². The molecule has 1 aliphatic rings. The lowest BCUT2D eigenvalue weighted by Gasteiger charge is -2.31. The maximum absolute atomic E-state index is 13.0. The minimum absolute atomic E-state index is 0.203. The van der Waals surface area contributed by atoms with E-state index in [2.05, 4.69) is 4.98 Å². The number of benzene rings is 1. The molecule has 0 amide bonds. The number of hydrogen-bond acceptors (Lipinski definition) is 7. The Kier molecular flexibility index (Phi) is 5.45. The molecule has 0 fully saturated rings. The van der Waals surface area contributed by atoms with Gasteiger partial charge in [-0.15, -0.1) is 11.3 Å². The highest BCUT2D eigenvalue weighted by Crippen LogP contribution is 2.35. The molecule has 8 heteroatoms. The Morgan fingerprint density at radius 3 is 2.61 bits per heavy atom. The predicted octanol–water partition coefficient (Wildman–Crippen LogP) is 3.11. The zero-order chi connectivity index (χ0) is 20.6. The van der Waals surface area contributed by atoms with Crippen LogP contribution in [0.4, 0.5) is 0 Å². The maximum Gasteiger partial charge on any atom is 0.329 e. The van der Waals surface area contributed by atoms with Gasteiger partial charge in [0.05, 0.1) is 29.8 Å². The summed E-state index contributed by atoms with van der Waals surface area (Å²) in [5, 5.41) is 10.6. The standard InChI is InChI=1S/C20H24N2O5S/c1-20(2,3)19-21-13-10-22(15(18(24)25)16(23)17(13)28-19)9-11-6-7-12(26-4)8-14(11)27-5/h6-8,15H,9-10H2,1-5H3,(H,24,25). The highest BCUT2D eigenvalue weighted by Gasteiger charge is 2.42. The van der Waals surface area contributed by atoms with Crippen LogP contribution in [0.15, 0.2) is 18.2 Å². The van der Waals surface area contributed by atoms with Crippen LogP contribution in [0.3, 0.4) is 0 Å². The summed E-state index contributed by atoms with van der Waals surface area (Å²) in [7, 11) is 3.11. The zero-order valence-electron chi connectivity index (χ0n) is 16.6. The fourth-order valence-electron chi connectivity index (χ4n) is 3.16. The van der Waals surface area contributed by atoms with Crippen molar-refractivity contribution < 1.29 is 24.2 Å². The first-order valence-corrected chi connectivity index (χ1v) is 9.69. The number of carboxylic acids is 1. The van der Waals surface area contributed by atoms with Gasteiger partial charge in [-0.1, -0.05) is 26.8 Å². The van der Waals surface area contributed by atoms with E-state index in [1.54, 1.807) is 31.3 Å². The van der Waals surface area contributed by atoms with Crippen molar-refractivity contribution in [2.45, 2.75) is 45.3 Å². The number of Topliss-reactive ketones (excluding diaryl/α,β-unsaturated/α-hetero) is 1. The van der Waals surface area contributed by atoms with E-state index in [4.69, 9.17) is 9.47 Å². The summed E-state index contributed by atoms with van der Waals surface area (Å²) in [5.74, 6) is -0.347. The van der Waals surface area contributed by atoms with Crippen molar-refractivity contribution in [1.82, 2.24) is 9.88 Å². The number of aliphatic carboxylic acids is 1. The van der Waals surface area contributed by atoms with Gasteiger partial charge in [-0.2, -0.15) is 0 Å². The molecule has 0 saturated carbocycles. The Labute approximate surface area is 167 Å². The van der Waals surface area contributed by atoms with Crippen LogP contribution in [0, 0.1) is 0 Å². The molecule has 1 atom stereocenters. The molecule has 28 heavy (non-hydrogen) atoms. The number of rotatable bonds is 5. The molecular formula is C20H24N2O5S. The first kappa shape index (κ1) is 20.3. The van der Waals surface area contributed by atoms with Crippen LogP contribution in [-0.4, -0.2) is 47.0 Å². The van der Waals surface area contributed by atoms with Gasteiger partial charge in [0.15, 0.2) is 6.04 Å². The van der Waals surface area contributed by atoms with Gasteiger partial charge in [-0.05, 0) is 6.07 Å². The van der Waals surface area contributed by atoms with Gasteiger partial charge in [0.1, 0.15) is 11.5 Å². The van der Waals surface area contributed by atoms with Gasteiger partial charge in [-0.3, -0.25) is 14.5 Å². The van der Waals surface area contributed by atoms with Crippen LogP contribution in [0.2, 0.25) is 0 Å². The molecule has 0 bridgehead atoms. The van der Waals surface area contributed by atoms with Gasteiger partial charge in [0.25, 0.3) is 0 Å². The molecule has 1 aliphatic heterocycles. The molecule has 0 spiro atoms. The SMILES string of the molecule is COc1ccc(CN2Cc3nc(C(C)(C)C)sc3C(=O)C2C(=O)O)c(OC)c1. The second-order valence-electron chi connectivity index (χ2n) is 7.73. The summed E-state index contributed by atoms with van der Waals surface area (Å²) >= 11 is 1.30. The minimum Gasteiger partial charge on any atom is -0.497 e. The summed E-state index contributed by atoms with van der Waals surface area (Å²) in [6, 6.07) is 4.10. The summed E-state index contributed by atoms with van der Waals surface area (Å²) in [6.07, 6.45) is 0. The third-order valence-corrected chi connectivity index (χ3v) is 6.17. The molecule has 1 aromatic carbocycles. The molecule has 2 heterocycles. The van der Waals surface area contributed by atoms with Gasteiger partial charge >= 0.3 is 5.97 Å². The molecule has 2 aromatic rings. The van der Waals surface area contributed by atoms with Crippen molar-refractivity contribution in [3.8, 4) is 11.5 Å². The number of carbonyl (C=O) groups is 2. The number of ketones is 1. The van der Waals surface area contributed by atoms with Crippen molar-refractivity contribution in [3.05, 3.63) is 39.3 Å². The summed E-state index contributed by atoms with van der Waals surface area (Å²) in [5.41, 5.74) is 1.22. The zero-order valence-corrected chi connectivity index (χ0v) is 17.4. The van der Waals surface area contributed by atoms with Crippen LogP contribution in [-0.2, 0) is 23.3 Å². The van der Waals surface area contributed by atoms with Gasteiger partial charge in [-0.25, -0.2) is 4.98 Å². The first-order valence-electron chi connectivity index (χ1n) is 8.88. The monoisotopic (exact) mass is 404 g/mol. The van der Waals surface area contributed by atoms with Gasteiger partial charge in [0, 0.05) is 30.1 Å². The molecule has 0 radical (unpaired) electrons. The topological polar surface area (TPSA) is 89.0 Å². The van der Waals surface area contributed by atoms with E-state index in [-0.39, 0.29) is 12.0 Å². The van der Waals surface area contributed by atoms with Crippen LogP contribution in [0.25, 0.3) is 0 Å². The minimum atomic E-state index is -1.24. The molecule has 1 N–H and O–H groups in total. The average molecular weight is 404 g/mol. The van der Waals surface area contributed by atoms with E-state index in [0.717, 1.165) is 10.6 Å². The predicted molar refractivity (Wildman–Crippen MR) is 105 cm³/mol. The largest absolute Gasteiger partial charge is 0.497 e. The third-order valence-electron chi connectivity index (χ3n) is 4.63. The number of nitrogens with zero attached hydrogens (tertiary/aromatic N) is 2. The lowest BCUT2D eigenvalue weighted by molar-refractivity contribution is -0.142. The van der Waals surface area contributed by atoms with E-state index < -0.39 is 17.8 Å². The number of carboxylic acid groups (broad SMARTS) is 1. The molecule has 1 unspecified atom stereocenters. The van der Waals surface area contributed by atoms with Crippen molar-refractivity contribution in [2.24, 2.45) is 0 Å². The van der Waals surface area contributed by atoms with Crippen LogP contribution >= 0.6 is 11.3 Å². The molecule has 0 saturated heterocycles. The molecule has 150 valence electrons. The fourth-order valence-corrected chi connectivity index (χ4v) is 4.26. The Bertz CT molecular complexity index is 916. The Morgan fingerprint density at radius 2 is 2.04 bits per heavy atom. The third kappa shape index (κ3) is 3.74. The number of methoxy groups -OCH3 is 2.